The summed E-state index contributed by atoms with van der Waals surface area (Å²) in [4.78, 5) is 4.65. The molecule has 0 fully saturated rings. The van der Waals surface area contributed by atoms with Gasteiger partial charge in [0.25, 0.3) is 0 Å². The van der Waals surface area contributed by atoms with Crippen molar-refractivity contribution in [3.05, 3.63) is 169 Å². The molecule has 2 heteroatoms. The molecule has 0 aromatic heterocycles. The summed E-state index contributed by atoms with van der Waals surface area (Å²) < 4.78 is 0. The molecule has 0 saturated carbocycles. The Labute approximate surface area is 275 Å². The maximum absolute atomic E-state index is 2.33. The lowest BCUT2D eigenvalue weighted by molar-refractivity contribution is 0.506. The average Bonchev–Trinajstić information content (AvgIpc) is 3.11. The first-order valence-electron chi connectivity index (χ1n) is 16.5. The zero-order chi connectivity index (χ0) is 32.1. The van der Waals surface area contributed by atoms with Crippen molar-refractivity contribution in [3.63, 3.8) is 0 Å². The first-order valence-corrected chi connectivity index (χ1v) is 16.5. The lowest BCUT2D eigenvalue weighted by Gasteiger charge is -2.28. The van der Waals surface area contributed by atoms with Crippen LogP contribution in [0, 0.1) is 0 Å². The van der Waals surface area contributed by atoms with Crippen LogP contribution in [0.15, 0.2) is 158 Å². The summed E-state index contributed by atoms with van der Waals surface area (Å²) in [5.41, 5.74) is 12.1. The molecule has 0 atom stereocenters. The minimum Gasteiger partial charge on any atom is -0.311 e. The second-order valence-electron chi connectivity index (χ2n) is 13.0. The summed E-state index contributed by atoms with van der Waals surface area (Å²) in [5, 5.41) is 0. The van der Waals surface area contributed by atoms with E-state index in [4.69, 9.17) is 0 Å². The predicted molar refractivity (Wildman–Crippen MR) is 199 cm³/mol. The number of anilines is 6. The van der Waals surface area contributed by atoms with Gasteiger partial charge in [-0.1, -0.05) is 120 Å². The van der Waals surface area contributed by atoms with Gasteiger partial charge in [0, 0.05) is 34.1 Å². The van der Waals surface area contributed by atoms with Gasteiger partial charge in [0.15, 0.2) is 0 Å². The van der Waals surface area contributed by atoms with Gasteiger partial charge in [0.05, 0.1) is 0 Å². The van der Waals surface area contributed by atoms with E-state index in [2.05, 4.69) is 202 Å². The number of nitrogens with zero attached hydrogens (tertiary/aromatic N) is 2. The van der Waals surface area contributed by atoms with Crippen molar-refractivity contribution in [1.29, 1.82) is 0 Å². The smallest absolute Gasteiger partial charge is 0.0462 e. The Hall–Kier alpha value is -5.08. The van der Waals surface area contributed by atoms with Crippen LogP contribution in [0.3, 0.4) is 0 Å². The van der Waals surface area contributed by atoms with E-state index in [1.165, 1.54) is 22.3 Å². The van der Waals surface area contributed by atoms with Crippen LogP contribution in [0.25, 0.3) is 11.1 Å². The van der Waals surface area contributed by atoms with Crippen LogP contribution in [-0.4, -0.2) is 0 Å². The quantitative estimate of drug-likeness (QED) is 0.154. The highest BCUT2D eigenvalue weighted by Crippen LogP contribution is 2.39. The third-order valence-electron chi connectivity index (χ3n) is 9.22. The molecule has 0 radical (unpaired) electrons. The molecule has 0 amide bonds. The van der Waals surface area contributed by atoms with Gasteiger partial charge in [-0.05, 0) is 113 Å². The Bertz CT molecular complexity index is 1820. The molecule has 0 saturated heterocycles. The minimum absolute atomic E-state index is 0.157. The fourth-order valence-electron chi connectivity index (χ4n) is 5.93. The Balaban J connectivity index is 1.30. The predicted octanol–water partition coefficient (Wildman–Crippen LogP) is 13.1. The SMILES string of the molecule is CCC(C)(C)c1ccc(N(c2ccccc2)c2ccc(-c3ccc(N(c4ccccc4)c4ccc(C(C)C)cc4)cc3)cc2)cc1. The molecule has 6 aromatic carbocycles. The van der Waals surface area contributed by atoms with E-state index in [1.807, 2.05) is 0 Å². The molecule has 0 bridgehead atoms. The zero-order valence-electron chi connectivity index (χ0n) is 27.7. The molecule has 2 nitrogen and oxygen atoms in total. The third kappa shape index (κ3) is 6.62. The Morgan fingerprint density at radius 1 is 0.435 bits per heavy atom. The number of rotatable bonds is 10. The molecule has 46 heavy (non-hydrogen) atoms. The molecule has 0 unspecified atom stereocenters. The summed E-state index contributed by atoms with van der Waals surface area (Å²) in [6.07, 6.45) is 1.10. The molecular formula is C44H44N2. The van der Waals surface area contributed by atoms with Crippen LogP contribution >= 0.6 is 0 Å². The molecule has 0 N–H and O–H groups in total. The maximum atomic E-state index is 2.33. The summed E-state index contributed by atoms with van der Waals surface area (Å²) in [6.45, 7) is 11.3. The highest BCUT2D eigenvalue weighted by molar-refractivity contribution is 5.80. The molecule has 0 aliphatic rings. The molecule has 230 valence electrons. The van der Waals surface area contributed by atoms with Crippen LogP contribution < -0.4 is 9.80 Å². The van der Waals surface area contributed by atoms with Gasteiger partial charge in [-0.3, -0.25) is 0 Å². The Morgan fingerprint density at radius 2 is 0.761 bits per heavy atom. The van der Waals surface area contributed by atoms with E-state index >= 15 is 0 Å². The number of para-hydroxylation sites is 2. The monoisotopic (exact) mass is 600 g/mol. The van der Waals surface area contributed by atoms with Gasteiger partial charge in [-0.25, -0.2) is 0 Å². The molecule has 0 spiro atoms. The summed E-state index contributed by atoms with van der Waals surface area (Å²) in [6, 6.07) is 57.0. The van der Waals surface area contributed by atoms with Crippen LogP contribution in [0.4, 0.5) is 34.1 Å². The maximum Gasteiger partial charge on any atom is 0.0462 e. The molecule has 6 rings (SSSR count). The molecular weight excluding hydrogens is 556 g/mol. The van der Waals surface area contributed by atoms with Gasteiger partial charge < -0.3 is 9.80 Å². The van der Waals surface area contributed by atoms with E-state index < -0.39 is 0 Å². The Morgan fingerprint density at radius 3 is 1.11 bits per heavy atom. The molecule has 6 aromatic rings. The van der Waals surface area contributed by atoms with Crippen molar-refractivity contribution in [1.82, 2.24) is 0 Å². The summed E-state index contributed by atoms with van der Waals surface area (Å²) >= 11 is 0. The van der Waals surface area contributed by atoms with Crippen molar-refractivity contribution < 1.29 is 0 Å². The van der Waals surface area contributed by atoms with Gasteiger partial charge in [-0.2, -0.15) is 0 Å². The van der Waals surface area contributed by atoms with Crippen molar-refractivity contribution in [2.24, 2.45) is 0 Å². The van der Waals surface area contributed by atoms with Gasteiger partial charge in [-0.15, -0.1) is 0 Å². The van der Waals surface area contributed by atoms with Gasteiger partial charge >= 0.3 is 0 Å². The van der Waals surface area contributed by atoms with Crippen molar-refractivity contribution in [2.75, 3.05) is 9.80 Å². The fourth-order valence-corrected chi connectivity index (χ4v) is 5.93. The minimum atomic E-state index is 0.157. The van der Waals surface area contributed by atoms with E-state index in [-0.39, 0.29) is 5.41 Å². The van der Waals surface area contributed by atoms with Crippen LogP contribution in [0.2, 0.25) is 0 Å². The summed E-state index contributed by atoms with van der Waals surface area (Å²) in [5.74, 6) is 0.503. The largest absolute Gasteiger partial charge is 0.311 e. The number of hydrogen-bond donors (Lipinski definition) is 0. The topological polar surface area (TPSA) is 6.48 Å². The van der Waals surface area contributed by atoms with E-state index in [1.54, 1.807) is 0 Å². The molecule has 0 heterocycles. The lowest BCUT2D eigenvalue weighted by Crippen LogP contribution is -2.16. The first kappa shape index (κ1) is 30.9. The molecule has 0 aliphatic heterocycles. The van der Waals surface area contributed by atoms with E-state index in [0.717, 1.165) is 40.5 Å². The van der Waals surface area contributed by atoms with Crippen molar-refractivity contribution >= 4 is 34.1 Å². The van der Waals surface area contributed by atoms with E-state index in [0.29, 0.717) is 5.92 Å². The summed E-state index contributed by atoms with van der Waals surface area (Å²) in [7, 11) is 0. The number of benzene rings is 6. The lowest BCUT2D eigenvalue weighted by atomic mass is 9.82. The fraction of sp³-hybridized carbons (Fsp3) is 0.182. The second kappa shape index (κ2) is 13.5. The zero-order valence-corrected chi connectivity index (χ0v) is 27.7. The average molecular weight is 601 g/mol. The van der Waals surface area contributed by atoms with Crippen molar-refractivity contribution in [3.8, 4) is 11.1 Å². The van der Waals surface area contributed by atoms with Crippen molar-refractivity contribution in [2.45, 2.75) is 52.4 Å². The highest BCUT2D eigenvalue weighted by atomic mass is 15.1. The molecule has 0 aliphatic carbocycles. The van der Waals surface area contributed by atoms with Crippen LogP contribution in [0.5, 0.6) is 0 Å². The normalized spacial score (nSPS) is 11.4. The second-order valence-corrected chi connectivity index (χ2v) is 13.0. The van der Waals surface area contributed by atoms with E-state index in [9.17, 15) is 0 Å². The van der Waals surface area contributed by atoms with Crippen LogP contribution in [-0.2, 0) is 5.41 Å². The van der Waals surface area contributed by atoms with Gasteiger partial charge in [0.1, 0.15) is 0 Å². The Kier molecular flexibility index (Phi) is 9.08. The standard InChI is InChI=1S/C44H44N2/c1-6-44(4,5)37-23-31-43(32-24-37)46(39-15-11-8-12-16-39)42-29-21-36(22-30-42)35-19-27-41(28-20-35)45(38-13-9-7-10-14-38)40-25-17-34(18-26-40)33(2)3/h7-33H,6H2,1-5H3. The van der Waals surface area contributed by atoms with Crippen LogP contribution in [0.1, 0.15) is 58.1 Å². The van der Waals surface area contributed by atoms with Gasteiger partial charge in [0.2, 0.25) is 0 Å². The third-order valence-corrected chi connectivity index (χ3v) is 9.22. The number of hydrogen-bond acceptors (Lipinski definition) is 2. The highest BCUT2D eigenvalue weighted by Gasteiger charge is 2.19. The first-order chi connectivity index (χ1) is 22.3.